The average Bonchev–Trinajstić information content (AvgIpc) is 2.54. The van der Waals surface area contributed by atoms with Crippen molar-refractivity contribution in [1.29, 1.82) is 0 Å². The van der Waals surface area contributed by atoms with Crippen LogP contribution in [0.4, 0.5) is 0 Å². The molecule has 0 saturated heterocycles. The van der Waals surface area contributed by atoms with E-state index in [4.69, 9.17) is 9.47 Å². The van der Waals surface area contributed by atoms with Gasteiger partial charge in [-0.05, 0) is 30.2 Å². The Hall–Kier alpha value is -1.77. The highest BCUT2D eigenvalue weighted by Crippen LogP contribution is 2.38. The van der Waals surface area contributed by atoms with Crippen molar-refractivity contribution >= 4 is 12.0 Å². The second-order valence-corrected chi connectivity index (χ2v) is 3.87. The Morgan fingerprint density at radius 3 is 2.75 bits per heavy atom. The molecule has 3 nitrogen and oxygen atoms in total. The summed E-state index contributed by atoms with van der Waals surface area (Å²) in [6.45, 7) is 3.38. The highest BCUT2D eigenvalue weighted by molar-refractivity contribution is 5.71. The van der Waals surface area contributed by atoms with Crippen LogP contribution in [0.1, 0.15) is 31.1 Å². The third-order valence-corrected chi connectivity index (χ3v) is 2.66. The van der Waals surface area contributed by atoms with Gasteiger partial charge in [-0.1, -0.05) is 12.1 Å². The van der Waals surface area contributed by atoms with Crippen LogP contribution in [0.2, 0.25) is 0 Å². The lowest BCUT2D eigenvalue weighted by Crippen LogP contribution is -2.07. The third-order valence-electron chi connectivity index (χ3n) is 2.66. The molecule has 1 aromatic rings. The van der Waals surface area contributed by atoms with Crippen molar-refractivity contribution in [3.8, 4) is 5.75 Å². The van der Waals surface area contributed by atoms with E-state index in [1.807, 2.05) is 31.2 Å². The van der Waals surface area contributed by atoms with Gasteiger partial charge in [0.25, 0.3) is 0 Å². The molecule has 0 radical (unpaired) electrons. The summed E-state index contributed by atoms with van der Waals surface area (Å²) in [4.78, 5) is 11.0. The molecule has 2 rings (SSSR count). The number of carbonyl (C=O) groups is 1. The van der Waals surface area contributed by atoms with E-state index < -0.39 is 0 Å². The van der Waals surface area contributed by atoms with Gasteiger partial charge in [0.1, 0.15) is 11.9 Å². The van der Waals surface area contributed by atoms with E-state index in [1.54, 1.807) is 7.11 Å². The quantitative estimate of drug-likeness (QED) is 0.716. The molecule has 84 valence electrons. The van der Waals surface area contributed by atoms with Crippen LogP contribution in [0.15, 0.2) is 23.8 Å². The van der Waals surface area contributed by atoms with E-state index in [0.29, 0.717) is 0 Å². The highest BCUT2D eigenvalue weighted by atomic mass is 16.5. The number of hydrogen-bond acceptors (Lipinski definition) is 3. The number of fused-ring (bicyclic) bond motifs is 1. The standard InChI is InChI=1S/C13H14O3/c1-8-6-10-7-11(15-3)4-5-12(10)13(8)16-9(2)14/h4-7,13H,1-3H3. The number of methoxy groups -OCH3 is 1. The summed E-state index contributed by atoms with van der Waals surface area (Å²) in [5, 5.41) is 0. The van der Waals surface area contributed by atoms with Gasteiger partial charge in [0.05, 0.1) is 7.11 Å². The smallest absolute Gasteiger partial charge is 0.303 e. The summed E-state index contributed by atoms with van der Waals surface area (Å²) < 4.78 is 10.4. The number of benzene rings is 1. The van der Waals surface area contributed by atoms with Crippen molar-refractivity contribution in [1.82, 2.24) is 0 Å². The molecule has 16 heavy (non-hydrogen) atoms. The van der Waals surface area contributed by atoms with Gasteiger partial charge in [0, 0.05) is 12.5 Å². The number of carbonyl (C=O) groups excluding carboxylic acids is 1. The molecule has 1 atom stereocenters. The van der Waals surface area contributed by atoms with E-state index in [9.17, 15) is 4.79 Å². The first-order chi connectivity index (χ1) is 7.61. The van der Waals surface area contributed by atoms with E-state index >= 15 is 0 Å². The molecular weight excluding hydrogens is 204 g/mol. The van der Waals surface area contributed by atoms with Crippen LogP contribution in [0, 0.1) is 0 Å². The van der Waals surface area contributed by atoms with Crippen LogP contribution < -0.4 is 4.74 Å². The summed E-state index contributed by atoms with van der Waals surface area (Å²) in [6, 6.07) is 5.76. The summed E-state index contributed by atoms with van der Waals surface area (Å²) in [5.41, 5.74) is 3.12. The molecule has 0 fully saturated rings. The fraction of sp³-hybridized carbons (Fsp3) is 0.308. The second kappa shape index (κ2) is 4.00. The van der Waals surface area contributed by atoms with Gasteiger partial charge in [0.15, 0.2) is 0 Å². The van der Waals surface area contributed by atoms with Crippen LogP contribution in [-0.2, 0) is 9.53 Å². The molecule has 1 aliphatic rings. The maximum atomic E-state index is 11.0. The first-order valence-electron chi connectivity index (χ1n) is 5.15. The normalized spacial score (nSPS) is 17.7. The van der Waals surface area contributed by atoms with Gasteiger partial charge in [-0.3, -0.25) is 4.79 Å². The zero-order chi connectivity index (χ0) is 11.7. The predicted octanol–water partition coefficient (Wildman–Crippen LogP) is 2.72. The molecule has 3 heteroatoms. The Morgan fingerprint density at radius 2 is 2.12 bits per heavy atom. The highest BCUT2D eigenvalue weighted by Gasteiger charge is 2.25. The second-order valence-electron chi connectivity index (χ2n) is 3.87. The van der Waals surface area contributed by atoms with Gasteiger partial charge in [-0.15, -0.1) is 0 Å². The van der Waals surface area contributed by atoms with Gasteiger partial charge in [0.2, 0.25) is 0 Å². The van der Waals surface area contributed by atoms with Crippen molar-refractivity contribution in [2.24, 2.45) is 0 Å². The van der Waals surface area contributed by atoms with E-state index in [2.05, 4.69) is 0 Å². The molecule has 0 N–H and O–H groups in total. The Labute approximate surface area is 94.7 Å². The lowest BCUT2D eigenvalue weighted by Gasteiger charge is -2.14. The lowest BCUT2D eigenvalue weighted by atomic mass is 10.1. The molecular formula is C13H14O3. The maximum absolute atomic E-state index is 11.0. The number of rotatable bonds is 2. The van der Waals surface area contributed by atoms with Crippen LogP contribution in [0.5, 0.6) is 5.75 Å². The number of ether oxygens (including phenoxy) is 2. The Kier molecular flexibility index (Phi) is 2.69. The molecule has 1 aromatic carbocycles. The van der Waals surface area contributed by atoms with Crippen molar-refractivity contribution in [3.05, 3.63) is 34.9 Å². The molecule has 0 aromatic heterocycles. The molecule has 1 unspecified atom stereocenters. The maximum Gasteiger partial charge on any atom is 0.303 e. The zero-order valence-electron chi connectivity index (χ0n) is 9.61. The van der Waals surface area contributed by atoms with Crippen LogP contribution in [-0.4, -0.2) is 13.1 Å². The van der Waals surface area contributed by atoms with Gasteiger partial charge in [-0.2, -0.15) is 0 Å². The number of esters is 1. The van der Waals surface area contributed by atoms with Gasteiger partial charge >= 0.3 is 5.97 Å². The summed E-state index contributed by atoms with van der Waals surface area (Å²) in [6.07, 6.45) is 1.78. The molecule has 0 bridgehead atoms. The van der Waals surface area contributed by atoms with E-state index in [1.165, 1.54) is 6.92 Å². The van der Waals surface area contributed by atoms with Gasteiger partial charge in [-0.25, -0.2) is 0 Å². The van der Waals surface area contributed by atoms with E-state index in [0.717, 1.165) is 22.4 Å². The molecule has 1 aliphatic carbocycles. The Balaban J connectivity index is 2.36. The van der Waals surface area contributed by atoms with Crippen LogP contribution in [0.3, 0.4) is 0 Å². The largest absolute Gasteiger partial charge is 0.497 e. The summed E-state index contributed by atoms with van der Waals surface area (Å²) >= 11 is 0. The van der Waals surface area contributed by atoms with E-state index in [-0.39, 0.29) is 12.1 Å². The monoisotopic (exact) mass is 218 g/mol. The third kappa shape index (κ3) is 1.81. The first kappa shape index (κ1) is 10.7. The molecule has 0 spiro atoms. The minimum Gasteiger partial charge on any atom is -0.497 e. The Morgan fingerprint density at radius 1 is 1.38 bits per heavy atom. The van der Waals surface area contributed by atoms with Crippen molar-refractivity contribution in [3.63, 3.8) is 0 Å². The van der Waals surface area contributed by atoms with Crippen molar-refractivity contribution in [2.45, 2.75) is 20.0 Å². The Bertz CT molecular complexity index is 460. The lowest BCUT2D eigenvalue weighted by molar-refractivity contribution is -0.144. The predicted molar refractivity (Wildman–Crippen MR) is 61.2 cm³/mol. The molecule has 0 aliphatic heterocycles. The summed E-state index contributed by atoms with van der Waals surface area (Å²) in [5.74, 6) is 0.549. The minimum absolute atomic E-state index is 0.238. The first-order valence-corrected chi connectivity index (χ1v) is 5.15. The SMILES string of the molecule is COc1ccc2c(c1)C=C(C)C2OC(C)=O. The number of hydrogen-bond donors (Lipinski definition) is 0. The van der Waals surface area contributed by atoms with Crippen LogP contribution >= 0.6 is 0 Å². The zero-order valence-corrected chi connectivity index (χ0v) is 9.61. The van der Waals surface area contributed by atoms with Gasteiger partial charge < -0.3 is 9.47 Å². The topological polar surface area (TPSA) is 35.5 Å². The average molecular weight is 218 g/mol. The fourth-order valence-electron chi connectivity index (χ4n) is 1.93. The molecule has 0 amide bonds. The molecule has 0 heterocycles. The molecule has 0 saturated carbocycles. The van der Waals surface area contributed by atoms with Crippen LogP contribution in [0.25, 0.3) is 6.08 Å². The fourth-order valence-corrected chi connectivity index (χ4v) is 1.93. The van der Waals surface area contributed by atoms with Crippen molar-refractivity contribution in [2.75, 3.05) is 7.11 Å². The van der Waals surface area contributed by atoms with Crippen molar-refractivity contribution < 1.29 is 14.3 Å². The summed E-state index contributed by atoms with van der Waals surface area (Å²) in [7, 11) is 1.64. The minimum atomic E-state index is -0.263.